The Morgan fingerprint density at radius 2 is 0.833 bits per heavy atom. The molecule has 0 fully saturated rings. The third-order valence-electron chi connectivity index (χ3n) is 3.16. The molecule has 0 heterocycles. The van der Waals surface area contributed by atoms with Gasteiger partial charge in [-0.05, 0) is 74.9 Å². The lowest BCUT2D eigenvalue weighted by molar-refractivity contribution is 1.15. The highest BCUT2D eigenvalue weighted by atomic mass is 14.1. The van der Waals surface area contributed by atoms with E-state index in [0.717, 1.165) is 0 Å². The van der Waals surface area contributed by atoms with Crippen molar-refractivity contribution in [1.29, 1.82) is 0 Å². The summed E-state index contributed by atoms with van der Waals surface area (Å²) in [6.07, 6.45) is 0. The Hall–Kier alpha value is -0.780. The second-order valence-electron chi connectivity index (χ2n) is 3.60. The standard InChI is InChI=1S/C12H17/c1-7-8(2)10(4)12(6)11(5)9(7)3/h1H2,2-6H3. The third-order valence-corrected chi connectivity index (χ3v) is 3.16. The molecule has 0 atom stereocenters. The van der Waals surface area contributed by atoms with Crippen molar-refractivity contribution in [2.45, 2.75) is 34.6 Å². The Kier molecular flexibility index (Phi) is 2.27. The van der Waals surface area contributed by atoms with Gasteiger partial charge < -0.3 is 0 Å². The predicted octanol–water partition coefficient (Wildman–Crippen LogP) is 3.41. The molecule has 0 aromatic heterocycles. The topological polar surface area (TPSA) is 0 Å². The van der Waals surface area contributed by atoms with E-state index in [9.17, 15) is 0 Å². The minimum absolute atomic E-state index is 1.20. The zero-order valence-corrected chi connectivity index (χ0v) is 8.71. The Morgan fingerprint density at radius 1 is 0.583 bits per heavy atom. The molecule has 0 aliphatic heterocycles. The molecular weight excluding hydrogens is 144 g/mol. The molecule has 65 valence electrons. The first-order valence-corrected chi connectivity index (χ1v) is 4.35. The highest BCUT2D eigenvalue weighted by molar-refractivity contribution is 5.50. The molecule has 0 aliphatic rings. The minimum Gasteiger partial charge on any atom is -0.0447 e. The van der Waals surface area contributed by atoms with Gasteiger partial charge in [-0.25, -0.2) is 0 Å². The van der Waals surface area contributed by atoms with Gasteiger partial charge >= 0.3 is 0 Å². The lowest BCUT2D eigenvalue weighted by Crippen LogP contribution is -1.98. The van der Waals surface area contributed by atoms with Crippen LogP contribution >= 0.6 is 0 Å². The summed E-state index contributed by atoms with van der Waals surface area (Å²) in [5.41, 5.74) is 8.09. The summed E-state index contributed by atoms with van der Waals surface area (Å²) in [4.78, 5) is 0. The summed E-state index contributed by atoms with van der Waals surface area (Å²) < 4.78 is 0. The highest BCUT2D eigenvalue weighted by Crippen LogP contribution is 2.24. The van der Waals surface area contributed by atoms with Crippen molar-refractivity contribution >= 4 is 0 Å². The summed E-state index contributed by atoms with van der Waals surface area (Å²) in [5, 5.41) is 0. The van der Waals surface area contributed by atoms with Gasteiger partial charge in [0, 0.05) is 0 Å². The van der Waals surface area contributed by atoms with Crippen molar-refractivity contribution in [3.63, 3.8) is 0 Å². The van der Waals surface area contributed by atoms with E-state index in [4.69, 9.17) is 0 Å². The molecule has 0 N–H and O–H groups in total. The van der Waals surface area contributed by atoms with Crippen LogP contribution < -0.4 is 0 Å². The second-order valence-corrected chi connectivity index (χ2v) is 3.60. The van der Waals surface area contributed by atoms with E-state index in [2.05, 4.69) is 41.5 Å². The van der Waals surface area contributed by atoms with Crippen LogP contribution in [0.1, 0.15) is 33.4 Å². The monoisotopic (exact) mass is 161 g/mol. The van der Waals surface area contributed by atoms with Gasteiger partial charge in [-0.1, -0.05) is 0 Å². The number of rotatable bonds is 0. The zero-order valence-electron chi connectivity index (χ0n) is 8.71. The minimum atomic E-state index is 1.20. The second kappa shape index (κ2) is 2.93. The van der Waals surface area contributed by atoms with Crippen molar-refractivity contribution in [3.05, 3.63) is 40.3 Å². The molecular formula is C12H17. The van der Waals surface area contributed by atoms with E-state index >= 15 is 0 Å². The van der Waals surface area contributed by atoms with Crippen molar-refractivity contribution < 1.29 is 0 Å². The quantitative estimate of drug-likeness (QED) is 0.547. The van der Waals surface area contributed by atoms with Crippen LogP contribution in [0.4, 0.5) is 0 Å². The summed E-state index contributed by atoms with van der Waals surface area (Å²) in [5.74, 6) is 0. The maximum atomic E-state index is 4.08. The lowest BCUT2D eigenvalue weighted by atomic mass is 9.90. The van der Waals surface area contributed by atoms with E-state index < -0.39 is 0 Å². The maximum absolute atomic E-state index is 4.08. The van der Waals surface area contributed by atoms with Crippen LogP contribution in [0.25, 0.3) is 0 Å². The molecule has 0 spiro atoms. The van der Waals surface area contributed by atoms with Gasteiger partial charge in [-0.2, -0.15) is 0 Å². The number of hydrogen-bond donors (Lipinski definition) is 0. The van der Waals surface area contributed by atoms with Crippen LogP contribution in [-0.2, 0) is 0 Å². The highest BCUT2D eigenvalue weighted by Gasteiger charge is 2.07. The van der Waals surface area contributed by atoms with Gasteiger partial charge in [-0.15, -0.1) is 0 Å². The fourth-order valence-electron chi connectivity index (χ4n) is 1.58. The Balaban J connectivity index is 3.60. The van der Waals surface area contributed by atoms with Crippen LogP contribution in [0.15, 0.2) is 0 Å². The Morgan fingerprint density at radius 3 is 1.17 bits per heavy atom. The molecule has 1 rings (SSSR count). The average molecular weight is 161 g/mol. The summed E-state index contributed by atoms with van der Waals surface area (Å²) in [6.45, 7) is 14.9. The van der Waals surface area contributed by atoms with Crippen LogP contribution in [0.3, 0.4) is 0 Å². The molecule has 0 amide bonds. The van der Waals surface area contributed by atoms with Crippen molar-refractivity contribution in [2.24, 2.45) is 0 Å². The van der Waals surface area contributed by atoms with Gasteiger partial charge in [0.2, 0.25) is 0 Å². The fraction of sp³-hybridized carbons (Fsp3) is 0.417. The SMILES string of the molecule is [CH2]c1c(C)c(C)c(C)c(C)c1C. The maximum Gasteiger partial charge on any atom is -0.0233 e. The molecule has 0 saturated heterocycles. The van der Waals surface area contributed by atoms with Gasteiger partial charge in [0.1, 0.15) is 0 Å². The molecule has 12 heavy (non-hydrogen) atoms. The molecule has 1 aromatic rings. The van der Waals surface area contributed by atoms with Gasteiger partial charge in [0.15, 0.2) is 0 Å². The average Bonchev–Trinajstić information content (AvgIpc) is 2.08. The first kappa shape index (κ1) is 9.31. The molecule has 1 aromatic carbocycles. The molecule has 0 nitrogen and oxygen atoms in total. The van der Waals surface area contributed by atoms with E-state index in [1.54, 1.807) is 0 Å². The van der Waals surface area contributed by atoms with Crippen molar-refractivity contribution in [1.82, 2.24) is 0 Å². The van der Waals surface area contributed by atoms with E-state index in [1.165, 1.54) is 33.4 Å². The summed E-state index contributed by atoms with van der Waals surface area (Å²) >= 11 is 0. The normalized spacial score (nSPS) is 10.5. The van der Waals surface area contributed by atoms with E-state index in [1.807, 2.05) is 0 Å². The lowest BCUT2D eigenvalue weighted by Gasteiger charge is -2.15. The van der Waals surface area contributed by atoms with Gasteiger partial charge in [0.25, 0.3) is 0 Å². The van der Waals surface area contributed by atoms with Gasteiger partial charge in [0.05, 0.1) is 0 Å². The Bertz CT molecular complexity index is 214. The fourth-order valence-corrected chi connectivity index (χ4v) is 1.58. The van der Waals surface area contributed by atoms with E-state index in [0.29, 0.717) is 0 Å². The molecule has 0 bridgehead atoms. The number of benzene rings is 1. The van der Waals surface area contributed by atoms with Crippen molar-refractivity contribution in [2.75, 3.05) is 0 Å². The first-order chi connectivity index (χ1) is 5.46. The smallest absolute Gasteiger partial charge is 0.0233 e. The molecule has 0 saturated carbocycles. The van der Waals surface area contributed by atoms with E-state index in [-0.39, 0.29) is 0 Å². The molecule has 0 aliphatic carbocycles. The summed E-state index contributed by atoms with van der Waals surface area (Å²) in [6, 6.07) is 0. The summed E-state index contributed by atoms with van der Waals surface area (Å²) in [7, 11) is 0. The van der Waals surface area contributed by atoms with Crippen LogP contribution in [0, 0.1) is 41.5 Å². The van der Waals surface area contributed by atoms with Crippen LogP contribution in [0.5, 0.6) is 0 Å². The van der Waals surface area contributed by atoms with Crippen molar-refractivity contribution in [3.8, 4) is 0 Å². The number of hydrogen-bond acceptors (Lipinski definition) is 0. The Labute approximate surface area is 75.6 Å². The predicted molar refractivity (Wildman–Crippen MR) is 54.6 cm³/mol. The zero-order chi connectivity index (χ0) is 9.46. The largest absolute Gasteiger partial charge is 0.0447 e. The van der Waals surface area contributed by atoms with Crippen LogP contribution in [0.2, 0.25) is 0 Å². The molecule has 0 unspecified atom stereocenters. The molecule has 0 heteroatoms. The third kappa shape index (κ3) is 1.16. The van der Waals surface area contributed by atoms with Gasteiger partial charge in [-0.3, -0.25) is 0 Å². The first-order valence-electron chi connectivity index (χ1n) is 4.35. The van der Waals surface area contributed by atoms with Crippen LogP contribution in [-0.4, -0.2) is 0 Å². The molecule has 1 radical (unpaired) electrons.